The monoisotopic (exact) mass is 292 g/mol. The van der Waals surface area contributed by atoms with E-state index in [1.807, 2.05) is 0 Å². The van der Waals surface area contributed by atoms with Gasteiger partial charge in [-0.25, -0.2) is 22.0 Å². The van der Waals surface area contributed by atoms with Gasteiger partial charge in [0.25, 0.3) is 0 Å². The molecule has 0 saturated heterocycles. The van der Waals surface area contributed by atoms with Crippen molar-refractivity contribution in [1.29, 1.82) is 0 Å². The van der Waals surface area contributed by atoms with E-state index < -0.39 is 20.0 Å². The normalized spacial score (nSPS) is 12.4. The summed E-state index contributed by atoms with van der Waals surface area (Å²) in [4.78, 5) is -0.0841. The molecular weight excluding hydrogens is 276 g/mol. The highest BCUT2D eigenvalue weighted by molar-refractivity contribution is 7.92. The van der Waals surface area contributed by atoms with E-state index in [9.17, 15) is 16.8 Å². The van der Waals surface area contributed by atoms with Crippen LogP contribution in [-0.4, -0.2) is 22.6 Å². The van der Waals surface area contributed by atoms with Crippen LogP contribution in [0.5, 0.6) is 0 Å². The number of nitrogens with one attached hydrogen (secondary N) is 1. The van der Waals surface area contributed by atoms with Crippen LogP contribution in [0.3, 0.4) is 0 Å². The topological polar surface area (TPSA) is 106 Å². The average molecular weight is 292 g/mol. The lowest BCUT2D eigenvalue weighted by Crippen LogP contribution is -2.18. The highest BCUT2D eigenvalue weighted by Crippen LogP contribution is 2.19. The quantitative estimate of drug-likeness (QED) is 0.836. The van der Waals surface area contributed by atoms with Gasteiger partial charge in [-0.15, -0.1) is 0 Å². The van der Waals surface area contributed by atoms with E-state index in [1.54, 1.807) is 13.8 Å². The number of aryl methyl sites for hydroxylation is 1. The summed E-state index contributed by atoms with van der Waals surface area (Å²) in [6.45, 7) is 3.33. The first-order valence-electron chi connectivity index (χ1n) is 5.29. The van der Waals surface area contributed by atoms with Crippen molar-refractivity contribution in [1.82, 2.24) is 0 Å². The molecule has 0 aliphatic heterocycles. The Morgan fingerprint density at radius 3 is 2.33 bits per heavy atom. The van der Waals surface area contributed by atoms with Crippen LogP contribution in [-0.2, 0) is 20.0 Å². The van der Waals surface area contributed by atoms with Gasteiger partial charge in [0, 0.05) is 5.69 Å². The highest BCUT2D eigenvalue weighted by Gasteiger charge is 2.14. The molecule has 0 fully saturated rings. The van der Waals surface area contributed by atoms with Gasteiger partial charge in [-0.2, -0.15) is 0 Å². The van der Waals surface area contributed by atoms with Gasteiger partial charge in [-0.1, -0.05) is 13.0 Å². The van der Waals surface area contributed by atoms with E-state index in [-0.39, 0.29) is 16.3 Å². The largest absolute Gasteiger partial charge is 0.284 e. The molecule has 1 aromatic carbocycles. The molecule has 0 radical (unpaired) electrons. The Morgan fingerprint density at radius 2 is 1.83 bits per heavy atom. The Balaban J connectivity index is 3.15. The van der Waals surface area contributed by atoms with Crippen LogP contribution in [0.2, 0.25) is 0 Å². The summed E-state index contributed by atoms with van der Waals surface area (Å²) in [5.74, 6) is -0.0222. The number of rotatable bonds is 5. The van der Waals surface area contributed by atoms with Crippen molar-refractivity contribution < 1.29 is 16.8 Å². The SMILES string of the molecule is CCCS(=O)(=O)Nc1ccc(C)c(S(N)(=O)=O)c1. The zero-order valence-corrected chi connectivity index (χ0v) is 11.8. The van der Waals surface area contributed by atoms with E-state index in [0.29, 0.717) is 12.0 Å². The number of sulfonamides is 2. The summed E-state index contributed by atoms with van der Waals surface area (Å²) in [5, 5.41) is 5.04. The minimum atomic E-state index is -3.86. The average Bonchev–Trinajstić information content (AvgIpc) is 2.18. The second-order valence-electron chi connectivity index (χ2n) is 3.95. The lowest BCUT2D eigenvalue weighted by atomic mass is 10.2. The Bertz CT molecular complexity index is 636. The van der Waals surface area contributed by atoms with Crippen molar-refractivity contribution in [3.05, 3.63) is 23.8 Å². The molecule has 0 spiro atoms. The summed E-state index contributed by atoms with van der Waals surface area (Å²) >= 11 is 0. The van der Waals surface area contributed by atoms with Gasteiger partial charge in [0.2, 0.25) is 20.0 Å². The van der Waals surface area contributed by atoms with E-state index in [4.69, 9.17) is 5.14 Å². The van der Waals surface area contributed by atoms with Crippen molar-refractivity contribution in [2.45, 2.75) is 25.2 Å². The van der Waals surface area contributed by atoms with Crippen LogP contribution in [0, 0.1) is 6.92 Å². The van der Waals surface area contributed by atoms with E-state index in [1.165, 1.54) is 18.2 Å². The molecule has 6 nitrogen and oxygen atoms in total. The minimum Gasteiger partial charge on any atom is -0.284 e. The summed E-state index contributed by atoms with van der Waals surface area (Å²) in [6.07, 6.45) is 0.475. The van der Waals surface area contributed by atoms with Gasteiger partial charge >= 0.3 is 0 Å². The molecule has 18 heavy (non-hydrogen) atoms. The number of hydrogen-bond donors (Lipinski definition) is 2. The van der Waals surface area contributed by atoms with Crippen LogP contribution >= 0.6 is 0 Å². The summed E-state index contributed by atoms with van der Waals surface area (Å²) in [6, 6.07) is 4.22. The summed E-state index contributed by atoms with van der Waals surface area (Å²) < 4.78 is 48.0. The fourth-order valence-electron chi connectivity index (χ4n) is 1.47. The minimum absolute atomic E-state index is 0.0222. The van der Waals surface area contributed by atoms with Gasteiger partial charge in [0.05, 0.1) is 10.6 Å². The second-order valence-corrected chi connectivity index (χ2v) is 7.32. The fraction of sp³-hybridized carbons (Fsp3) is 0.400. The molecular formula is C10H16N2O4S2. The van der Waals surface area contributed by atoms with Crippen LogP contribution in [0.4, 0.5) is 5.69 Å². The van der Waals surface area contributed by atoms with Gasteiger partial charge in [-0.05, 0) is 31.0 Å². The van der Waals surface area contributed by atoms with E-state index >= 15 is 0 Å². The first-order chi connectivity index (χ1) is 8.15. The van der Waals surface area contributed by atoms with Crippen LogP contribution < -0.4 is 9.86 Å². The molecule has 0 aliphatic carbocycles. The lowest BCUT2D eigenvalue weighted by molar-refractivity contribution is 0.595. The van der Waals surface area contributed by atoms with Gasteiger partial charge < -0.3 is 0 Å². The molecule has 0 bridgehead atoms. The van der Waals surface area contributed by atoms with Crippen molar-refractivity contribution in [3.8, 4) is 0 Å². The molecule has 3 N–H and O–H groups in total. The molecule has 1 rings (SSSR count). The van der Waals surface area contributed by atoms with Crippen molar-refractivity contribution in [2.24, 2.45) is 5.14 Å². The predicted molar refractivity (Wildman–Crippen MR) is 70.3 cm³/mol. The third-order valence-electron chi connectivity index (χ3n) is 2.24. The standard InChI is InChI=1S/C10H16N2O4S2/c1-3-6-17(13,14)12-9-5-4-8(2)10(7-9)18(11,15)16/h4-5,7,12H,3,6H2,1-2H3,(H2,11,15,16). The maximum Gasteiger partial charge on any atom is 0.238 e. The third-order valence-corrected chi connectivity index (χ3v) is 4.79. The maximum absolute atomic E-state index is 11.6. The van der Waals surface area contributed by atoms with Crippen LogP contribution in [0.15, 0.2) is 23.1 Å². The summed E-state index contributed by atoms with van der Waals surface area (Å²) in [7, 11) is -7.30. The van der Waals surface area contributed by atoms with Crippen molar-refractivity contribution >= 4 is 25.7 Å². The first-order valence-corrected chi connectivity index (χ1v) is 8.49. The second kappa shape index (κ2) is 5.25. The Kier molecular flexibility index (Phi) is 4.36. The smallest absolute Gasteiger partial charge is 0.238 e. The van der Waals surface area contributed by atoms with E-state index in [0.717, 1.165) is 0 Å². The highest BCUT2D eigenvalue weighted by atomic mass is 32.2. The number of anilines is 1. The van der Waals surface area contributed by atoms with Crippen LogP contribution in [0.1, 0.15) is 18.9 Å². The first kappa shape index (κ1) is 14.9. The Morgan fingerprint density at radius 1 is 1.22 bits per heavy atom. The third kappa shape index (κ3) is 3.97. The molecule has 102 valence electrons. The molecule has 0 unspecified atom stereocenters. The zero-order valence-electron chi connectivity index (χ0n) is 10.2. The summed E-state index contributed by atoms with van der Waals surface area (Å²) in [5.41, 5.74) is 0.661. The lowest BCUT2D eigenvalue weighted by Gasteiger charge is -2.09. The molecule has 0 aromatic heterocycles. The Hall–Kier alpha value is -1.12. The van der Waals surface area contributed by atoms with Crippen LogP contribution in [0.25, 0.3) is 0 Å². The number of hydrogen-bond acceptors (Lipinski definition) is 4. The van der Waals surface area contributed by atoms with E-state index in [2.05, 4.69) is 4.72 Å². The molecule has 0 aliphatic rings. The maximum atomic E-state index is 11.6. The van der Waals surface area contributed by atoms with Gasteiger partial charge in [-0.3, -0.25) is 4.72 Å². The van der Waals surface area contributed by atoms with Crippen molar-refractivity contribution in [2.75, 3.05) is 10.5 Å². The number of benzene rings is 1. The number of primary sulfonamides is 1. The molecule has 0 heterocycles. The molecule has 0 amide bonds. The van der Waals surface area contributed by atoms with Gasteiger partial charge in [0.15, 0.2) is 0 Å². The fourth-order valence-corrected chi connectivity index (χ4v) is 3.40. The molecule has 0 saturated carbocycles. The van der Waals surface area contributed by atoms with Crippen molar-refractivity contribution in [3.63, 3.8) is 0 Å². The molecule has 1 aromatic rings. The molecule has 8 heteroatoms. The predicted octanol–water partition coefficient (Wildman–Crippen LogP) is 0.794. The Labute approximate surface area is 107 Å². The molecule has 0 atom stereocenters. The van der Waals surface area contributed by atoms with Gasteiger partial charge in [0.1, 0.15) is 0 Å². The number of nitrogens with two attached hydrogens (primary N) is 1. The zero-order chi connectivity index (χ0) is 14.0.